The summed E-state index contributed by atoms with van der Waals surface area (Å²) in [6.45, 7) is 2.23. The quantitative estimate of drug-likeness (QED) is 0.671. The van der Waals surface area contributed by atoms with Crippen LogP contribution in [-0.4, -0.2) is 27.3 Å². The minimum Gasteiger partial charge on any atom is -0.333 e. The van der Waals surface area contributed by atoms with Crippen LogP contribution in [0.25, 0.3) is 11.0 Å². The molecule has 1 saturated carbocycles. The minimum atomic E-state index is -0.0869. The summed E-state index contributed by atoms with van der Waals surface area (Å²) >= 11 is 1.39. The van der Waals surface area contributed by atoms with Gasteiger partial charge in [-0.05, 0) is 43.7 Å². The van der Waals surface area contributed by atoms with E-state index in [4.69, 9.17) is 0 Å². The van der Waals surface area contributed by atoms with E-state index in [2.05, 4.69) is 27.4 Å². The predicted octanol–water partition coefficient (Wildman–Crippen LogP) is 3.34. The van der Waals surface area contributed by atoms with Gasteiger partial charge in [0.25, 0.3) is 5.91 Å². The van der Waals surface area contributed by atoms with Crippen LogP contribution in [0.3, 0.4) is 0 Å². The van der Waals surface area contributed by atoms with Crippen molar-refractivity contribution in [2.45, 2.75) is 37.8 Å². The molecule has 1 amide bonds. The van der Waals surface area contributed by atoms with E-state index in [9.17, 15) is 4.79 Å². The molecule has 6 heteroatoms. The first-order valence-electron chi connectivity index (χ1n) is 7.62. The average molecular weight is 316 g/mol. The van der Waals surface area contributed by atoms with Crippen molar-refractivity contribution in [2.75, 3.05) is 5.75 Å². The van der Waals surface area contributed by atoms with Gasteiger partial charge in [-0.2, -0.15) is 5.10 Å². The SMILES string of the molecule is CC1CCCC(=NNC(=O)CSc2nc3ccccc3[nH]2)C1. The van der Waals surface area contributed by atoms with Crippen LogP contribution in [0.15, 0.2) is 34.5 Å². The number of hydrogen-bond donors (Lipinski definition) is 2. The zero-order chi connectivity index (χ0) is 15.4. The zero-order valence-corrected chi connectivity index (χ0v) is 13.4. The van der Waals surface area contributed by atoms with E-state index >= 15 is 0 Å². The summed E-state index contributed by atoms with van der Waals surface area (Å²) in [4.78, 5) is 19.5. The van der Waals surface area contributed by atoms with Gasteiger partial charge in [0.1, 0.15) is 0 Å². The molecular weight excluding hydrogens is 296 g/mol. The number of carbonyl (C=O) groups excluding carboxylic acids is 1. The van der Waals surface area contributed by atoms with Crippen molar-refractivity contribution in [2.24, 2.45) is 11.0 Å². The first-order chi connectivity index (χ1) is 10.7. The number of nitrogens with zero attached hydrogens (tertiary/aromatic N) is 2. The molecule has 116 valence electrons. The van der Waals surface area contributed by atoms with E-state index in [1.165, 1.54) is 24.6 Å². The molecule has 0 spiro atoms. The minimum absolute atomic E-state index is 0.0869. The van der Waals surface area contributed by atoms with Crippen LogP contribution in [0.1, 0.15) is 32.6 Å². The van der Waals surface area contributed by atoms with Gasteiger partial charge in [0.05, 0.1) is 16.8 Å². The summed E-state index contributed by atoms with van der Waals surface area (Å²) in [6.07, 6.45) is 4.43. The van der Waals surface area contributed by atoms with Crippen molar-refractivity contribution in [3.63, 3.8) is 0 Å². The molecule has 3 rings (SSSR count). The van der Waals surface area contributed by atoms with E-state index < -0.39 is 0 Å². The van der Waals surface area contributed by atoms with Gasteiger partial charge in [0.2, 0.25) is 0 Å². The Morgan fingerprint density at radius 2 is 2.36 bits per heavy atom. The summed E-state index contributed by atoms with van der Waals surface area (Å²) in [7, 11) is 0. The van der Waals surface area contributed by atoms with Crippen molar-refractivity contribution >= 4 is 34.4 Å². The molecule has 1 atom stereocenters. The second-order valence-corrected chi connectivity index (χ2v) is 6.73. The molecule has 0 radical (unpaired) electrons. The lowest BCUT2D eigenvalue weighted by molar-refractivity contribution is -0.118. The van der Waals surface area contributed by atoms with Gasteiger partial charge in [-0.15, -0.1) is 0 Å². The number of hydrazone groups is 1. The lowest BCUT2D eigenvalue weighted by atomic mass is 9.89. The predicted molar refractivity (Wildman–Crippen MR) is 90.0 cm³/mol. The van der Waals surface area contributed by atoms with Crippen molar-refractivity contribution in [3.8, 4) is 0 Å². The van der Waals surface area contributed by atoms with Crippen LogP contribution < -0.4 is 5.43 Å². The third-order valence-corrected chi connectivity index (χ3v) is 4.67. The number of nitrogens with one attached hydrogen (secondary N) is 2. The van der Waals surface area contributed by atoms with Crippen LogP contribution in [0.5, 0.6) is 0 Å². The standard InChI is InChI=1S/C16H20N4OS/c1-11-5-4-6-12(9-11)19-20-15(21)10-22-16-17-13-7-2-3-8-14(13)18-16/h2-3,7-8,11H,4-6,9-10H2,1H3,(H,17,18)(H,20,21). The number of rotatable bonds is 4. The number of H-pyrrole nitrogens is 1. The monoisotopic (exact) mass is 316 g/mol. The number of amides is 1. The van der Waals surface area contributed by atoms with Crippen molar-refractivity contribution in [1.29, 1.82) is 0 Å². The van der Waals surface area contributed by atoms with Crippen LogP contribution >= 0.6 is 11.8 Å². The van der Waals surface area contributed by atoms with Gasteiger partial charge in [0, 0.05) is 5.71 Å². The third kappa shape index (κ3) is 3.88. The van der Waals surface area contributed by atoms with Crippen molar-refractivity contribution in [3.05, 3.63) is 24.3 Å². The largest absolute Gasteiger partial charge is 0.333 e. The first kappa shape index (κ1) is 15.1. The van der Waals surface area contributed by atoms with Gasteiger partial charge >= 0.3 is 0 Å². The molecule has 1 unspecified atom stereocenters. The lowest BCUT2D eigenvalue weighted by Gasteiger charge is -2.18. The molecule has 1 heterocycles. The maximum Gasteiger partial charge on any atom is 0.250 e. The Kier molecular flexibility index (Phi) is 4.77. The number of carbonyl (C=O) groups is 1. The van der Waals surface area contributed by atoms with E-state index in [1.54, 1.807) is 0 Å². The Bertz CT molecular complexity index is 661. The van der Waals surface area contributed by atoms with Gasteiger partial charge in [-0.25, -0.2) is 10.4 Å². The number of fused-ring (bicyclic) bond motifs is 1. The van der Waals surface area contributed by atoms with Gasteiger partial charge < -0.3 is 4.98 Å². The third-order valence-electron chi connectivity index (χ3n) is 3.79. The highest BCUT2D eigenvalue weighted by molar-refractivity contribution is 7.99. The molecule has 2 aromatic rings. The first-order valence-corrected chi connectivity index (χ1v) is 8.61. The van der Waals surface area contributed by atoms with Crippen molar-refractivity contribution < 1.29 is 4.79 Å². The molecule has 0 bridgehead atoms. The molecule has 1 aromatic heterocycles. The fraction of sp³-hybridized carbons (Fsp3) is 0.438. The van der Waals surface area contributed by atoms with Gasteiger partial charge in [-0.3, -0.25) is 4.79 Å². The highest BCUT2D eigenvalue weighted by Gasteiger charge is 2.14. The molecule has 0 saturated heterocycles. The van der Waals surface area contributed by atoms with Crippen molar-refractivity contribution in [1.82, 2.24) is 15.4 Å². The summed E-state index contributed by atoms with van der Waals surface area (Å²) in [6, 6.07) is 7.84. The highest BCUT2D eigenvalue weighted by atomic mass is 32.2. The van der Waals surface area contributed by atoms with E-state index in [0.717, 1.165) is 34.7 Å². The summed E-state index contributed by atoms with van der Waals surface area (Å²) in [5, 5.41) is 5.02. The Hall–Kier alpha value is -1.82. The molecule has 1 aliphatic carbocycles. The molecule has 2 N–H and O–H groups in total. The second-order valence-electron chi connectivity index (χ2n) is 5.76. The number of thioether (sulfide) groups is 1. The number of hydrogen-bond acceptors (Lipinski definition) is 4. The topological polar surface area (TPSA) is 70.1 Å². The molecule has 5 nitrogen and oxygen atoms in total. The molecule has 0 aliphatic heterocycles. The molecule has 1 aromatic carbocycles. The van der Waals surface area contributed by atoms with Crippen LogP contribution in [-0.2, 0) is 4.79 Å². The number of benzene rings is 1. The number of aromatic amines is 1. The normalized spacial score (nSPS) is 20.4. The maximum absolute atomic E-state index is 11.9. The summed E-state index contributed by atoms with van der Waals surface area (Å²) < 4.78 is 0. The van der Waals surface area contributed by atoms with Crippen LogP contribution in [0.2, 0.25) is 0 Å². The Labute approximate surface area is 134 Å². The lowest BCUT2D eigenvalue weighted by Crippen LogP contribution is -2.23. The van der Waals surface area contributed by atoms with Crippen LogP contribution in [0.4, 0.5) is 0 Å². The van der Waals surface area contributed by atoms with E-state index in [1.807, 2.05) is 24.3 Å². The van der Waals surface area contributed by atoms with Gasteiger partial charge in [-0.1, -0.05) is 30.8 Å². The molecular formula is C16H20N4OS. The number of imidazole rings is 1. The van der Waals surface area contributed by atoms with E-state index in [-0.39, 0.29) is 5.91 Å². The molecule has 22 heavy (non-hydrogen) atoms. The zero-order valence-electron chi connectivity index (χ0n) is 12.6. The Morgan fingerprint density at radius 3 is 3.18 bits per heavy atom. The summed E-state index contributed by atoms with van der Waals surface area (Å²) in [5.74, 6) is 0.900. The molecule has 1 fully saturated rings. The number of para-hydroxylation sites is 2. The Balaban J connectivity index is 1.50. The van der Waals surface area contributed by atoms with Crippen LogP contribution in [0, 0.1) is 5.92 Å². The smallest absolute Gasteiger partial charge is 0.250 e. The average Bonchev–Trinajstić information content (AvgIpc) is 2.94. The second kappa shape index (κ2) is 6.96. The Morgan fingerprint density at radius 1 is 1.50 bits per heavy atom. The van der Waals surface area contributed by atoms with Gasteiger partial charge in [0.15, 0.2) is 5.16 Å². The maximum atomic E-state index is 11.9. The fourth-order valence-corrected chi connectivity index (χ4v) is 3.35. The number of aromatic nitrogens is 2. The molecule has 1 aliphatic rings. The van der Waals surface area contributed by atoms with E-state index in [0.29, 0.717) is 11.7 Å². The fourth-order valence-electron chi connectivity index (χ4n) is 2.67. The highest BCUT2D eigenvalue weighted by Crippen LogP contribution is 2.21. The summed E-state index contributed by atoms with van der Waals surface area (Å²) in [5.41, 5.74) is 5.68.